The number of nitrogens with two attached hydrogens (primary N) is 1. The molecule has 36 nitrogen and oxygen atoms in total. The second-order valence-corrected chi connectivity index (χ2v) is 22.0. The third-order valence-corrected chi connectivity index (χ3v) is 14.8. The molecule has 0 radical (unpaired) electrons. The van der Waals surface area contributed by atoms with Crippen LogP contribution in [0.1, 0.15) is 64.2 Å². The predicted octanol–water partition coefficient (Wildman–Crippen LogP) is 4.58. The van der Waals surface area contributed by atoms with Crippen molar-refractivity contribution in [3.63, 3.8) is 0 Å². The minimum atomic E-state index is -4.56. The summed E-state index contributed by atoms with van der Waals surface area (Å²) in [5.41, 5.74) is 1.57. The van der Waals surface area contributed by atoms with Gasteiger partial charge in [0.15, 0.2) is 33.5 Å². The maximum atomic E-state index is 13.2. The fourth-order valence-corrected chi connectivity index (χ4v) is 9.53. The van der Waals surface area contributed by atoms with Crippen LogP contribution in [-0.4, -0.2) is 140 Å². The lowest BCUT2D eigenvalue weighted by atomic mass is 10.1. The van der Waals surface area contributed by atoms with Crippen LogP contribution in [0.4, 0.5) is 43.8 Å². The molecule has 8 N–H and O–H groups in total. The van der Waals surface area contributed by atoms with Crippen LogP contribution >= 0.6 is 15.9 Å². The van der Waals surface area contributed by atoms with Crippen molar-refractivity contribution in [1.29, 1.82) is 0 Å². The number of nitrogens with one attached hydrogen (secondary N) is 5. The highest BCUT2D eigenvalue weighted by atomic mass is 79.9. The Labute approximate surface area is 606 Å². The Balaban J connectivity index is 0.000000285. The van der Waals surface area contributed by atoms with E-state index in [0.717, 1.165) is 21.3 Å². The van der Waals surface area contributed by atoms with Crippen LogP contribution in [0.2, 0.25) is 0 Å². The number of carboxylic acids is 1. The number of carboxylic acid groups (broad SMARTS) is 1. The summed E-state index contributed by atoms with van der Waals surface area (Å²) >= 11 is 2.94. The number of fused-ring (bicyclic) bond motifs is 4. The quantitative estimate of drug-likeness (QED) is 0.0500. The Hall–Kier alpha value is -12.9. The number of pyridine rings is 4. The summed E-state index contributed by atoms with van der Waals surface area (Å²) in [4.78, 5) is 176. The van der Waals surface area contributed by atoms with Crippen molar-refractivity contribution in [2.24, 2.45) is 33.2 Å². The molecule has 0 atom stereocenters. The molecule has 12 heterocycles. The van der Waals surface area contributed by atoms with Crippen molar-refractivity contribution in [2.75, 3.05) is 29.6 Å². The molecule has 43 heteroatoms. The first-order valence-electron chi connectivity index (χ1n) is 29.9. The Kier molecular flexibility index (Phi) is 29.9. The van der Waals surface area contributed by atoms with Crippen molar-refractivity contribution in [3.05, 3.63) is 191 Å². The number of aliphatic carboxylic acids is 1. The van der Waals surface area contributed by atoms with Crippen LogP contribution in [0, 0.1) is 13.8 Å². The number of anilines is 2. The molecule has 0 aliphatic carbocycles. The Morgan fingerprint density at radius 2 is 0.972 bits per heavy atom. The third kappa shape index (κ3) is 21.4. The topological polar surface area (TPSA) is 482 Å². The van der Waals surface area contributed by atoms with E-state index in [4.69, 9.17) is 15.6 Å². The minimum absolute atomic E-state index is 0. The highest BCUT2D eigenvalue weighted by Gasteiger charge is 2.35. The zero-order valence-electron chi connectivity index (χ0n) is 55.6. The number of aliphatic imine (C=N–C) groups is 1. The lowest BCUT2D eigenvalue weighted by Crippen LogP contribution is -2.30. The van der Waals surface area contributed by atoms with Gasteiger partial charge in [0.1, 0.15) is 42.4 Å². The number of rotatable bonds is 12. The van der Waals surface area contributed by atoms with Gasteiger partial charge >= 0.3 is 53.0 Å². The number of aryl methyl sites for hydroxylation is 5. The first-order chi connectivity index (χ1) is 49.0. The molecule has 0 saturated heterocycles. The second-order valence-electron chi connectivity index (χ2n) is 21.5. The molecule has 12 rings (SSSR count). The van der Waals surface area contributed by atoms with Crippen LogP contribution in [0.15, 0.2) is 123 Å². The van der Waals surface area contributed by atoms with E-state index in [1.807, 2.05) is 0 Å². The number of amides is 1. The van der Waals surface area contributed by atoms with Crippen molar-refractivity contribution < 1.29 is 60.1 Å². The molecule has 0 unspecified atom stereocenters. The number of halogens is 7. The molecule has 0 fully saturated rings. The molecule has 1 aliphatic rings. The number of hydrogen-bond acceptors (Lipinski definition) is 23. The second kappa shape index (κ2) is 37.0. The van der Waals surface area contributed by atoms with Gasteiger partial charge < -0.3 is 39.3 Å². The number of aromatic amines is 4. The molecule has 0 spiro atoms. The molecule has 1 amide bonds. The Bertz CT molecular complexity index is 5630. The largest absolute Gasteiger partial charge is 0.480 e. The number of hydrogen-bond donors (Lipinski definition) is 7. The molecule has 0 aromatic carbocycles. The van der Waals surface area contributed by atoms with Crippen molar-refractivity contribution in [2.45, 2.75) is 88.4 Å². The van der Waals surface area contributed by atoms with Gasteiger partial charge in [-0.3, -0.25) is 86.5 Å². The van der Waals surface area contributed by atoms with E-state index in [1.54, 1.807) is 45.3 Å². The third-order valence-electron chi connectivity index (χ3n) is 14.3. The maximum absolute atomic E-state index is 13.2. The monoisotopic (exact) mass is 1570 g/mol. The van der Waals surface area contributed by atoms with Crippen molar-refractivity contribution >= 4 is 96.9 Å². The Morgan fingerprint density at radius 3 is 1.38 bits per heavy atom. The van der Waals surface area contributed by atoms with Crippen LogP contribution < -0.4 is 56.0 Å². The minimum Gasteiger partial charge on any atom is -0.480 e. The maximum Gasteiger partial charge on any atom is 0.418 e. The zero-order chi connectivity index (χ0) is 76.8. The predicted molar refractivity (Wildman–Crippen MR) is 383 cm³/mol. The standard InChI is InChI=1S/C20H16F3N7O3.C12H10F3N3.C10H12N4O4.C8H8N4O4.C7H7N3O2.C4H7BrO2.3CH4/c1-10-12(20(21,22)23)6-11(7-24-10)13-4-3-5-14(26-13)27-15(31)8-30-9-25-17-16(30)18(32)28-19(33)29(17)2;1-7-9(12(13,14)15)5-8(6-17-7)10-3-2-4-11(16)18-10;1-3-18-6(15)4-14-5-11-8-7(14)9(16)12-10(17)13(8)2;1-11-6-5(7(15)10-8(11)16)12(3-9-6)2-4(13)14;1-10-5-4(2-3-8-5)6(11)9-7(10)12;1-2-7-4(6)3-5;;;/h3-7,9H,8H2,1-2H3,(H,26,27,31)(H,28,32,33);2-6H,1H3,(H2,16,18);5H,3-4H2,1-2H3,(H,12,16,17);3H,2H2,1H3,(H,13,14)(H,10,15,16);3H,2H2,1H3,(H,9,11,12);2-3H2,1H3;3*1H4. The first kappa shape index (κ1) is 86.5. The SMILES string of the molecule is C.C.C.CCOC(=O)CBr.CCOC(=O)Cn1cnc2c1c(=O)[nH]c(=O)n2C.Cc1ncc(-c2cccc(N)n2)cc1C(F)(F)F.Cc1ncc(-c2cccc(NC(=O)Cn3cnc4c3c(=O)[nH]c(=O)n4C)n2)cc1C(F)(F)F.Cn1c(=O)[nH]c(=O)c2c1ncn2CC(=O)O.Cn1c2c(c(=O)[nH]c1=O)CC=N2. The number of alkyl halides is 7. The fourth-order valence-electron chi connectivity index (χ4n) is 9.37. The number of H-pyrrole nitrogens is 4. The van der Waals surface area contributed by atoms with Crippen LogP contribution in [0.25, 0.3) is 56.0 Å². The highest BCUT2D eigenvalue weighted by Crippen LogP contribution is 2.35. The van der Waals surface area contributed by atoms with Gasteiger partial charge in [-0.05, 0) is 64.1 Å². The summed E-state index contributed by atoms with van der Waals surface area (Å²) in [5, 5.41) is 11.5. The van der Waals surface area contributed by atoms with Crippen LogP contribution in [0.5, 0.6) is 0 Å². The van der Waals surface area contributed by atoms with Gasteiger partial charge in [-0.15, -0.1) is 0 Å². The van der Waals surface area contributed by atoms with E-state index in [0.29, 0.717) is 41.0 Å². The van der Waals surface area contributed by atoms with Crippen molar-refractivity contribution in [3.8, 4) is 22.5 Å². The summed E-state index contributed by atoms with van der Waals surface area (Å²) in [6, 6.07) is 11.2. The molecule has 0 bridgehead atoms. The van der Waals surface area contributed by atoms with Gasteiger partial charge in [0.2, 0.25) is 5.91 Å². The smallest absolute Gasteiger partial charge is 0.418 e. The van der Waals surface area contributed by atoms with Gasteiger partial charge in [0.25, 0.3) is 22.2 Å². The summed E-state index contributed by atoms with van der Waals surface area (Å²) < 4.78 is 95.7. The molecule has 107 heavy (non-hydrogen) atoms. The summed E-state index contributed by atoms with van der Waals surface area (Å²) in [6.07, 6.45) is -0.429. The molecule has 11 aromatic heterocycles. The number of nitrogens with zero attached hydrogens (tertiary/aromatic N) is 15. The number of esters is 2. The summed E-state index contributed by atoms with van der Waals surface area (Å²) in [6.45, 7) is 5.97. The molecule has 572 valence electrons. The summed E-state index contributed by atoms with van der Waals surface area (Å²) in [7, 11) is 5.94. The van der Waals surface area contributed by atoms with Crippen LogP contribution in [0.3, 0.4) is 0 Å². The van der Waals surface area contributed by atoms with E-state index < -0.39 is 80.8 Å². The number of ether oxygens (including phenoxy) is 2. The van der Waals surface area contributed by atoms with E-state index in [-0.39, 0.29) is 128 Å². The molecular weight excluding hydrogens is 1500 g/mol. The first-order valence-corrected chi connectivity index (χ1v) is 31.0. The van der Waals surface area contributed by atoms with Crippen LogP contribution in [-0.2, 0) is 95.3 Å². The van der Waals surface area contributed by atoms with Gasteiger partial charge in [0.05, 0.1) is 60.3 Å². The molecule has 1 aliphatic heterocycles. The Morgan fingerprint density at radius 1 is 0.570 bits per heavy atom. The van der Waals surface area contributed by atoms with Crippen molar-refractivity contribution in [1.82, 2.24) is 86.8 Å². The molecule has 0 saturated carbocycles. The van der Waals surface area contributed by atoms with E-state index in [2.05, 4.69) is 85.8 Å². The lowest BCUT2D eigenvalue weighted by molar-refractivity contribution is -0.144. The fraction of sp³-hybridized carbons (Fsp3) is 0.312. The number of aromatic nitrogens is 18. The van der Waals surface area contributed by atoms with Gasteiger partial charge in [0, 0.05) is 75.7 Å². The molecule has 11 aromatic rings. The van der Waals surface area contributed by atoms with Gasteiger partial charge in [-0.2, -0.15) is 26.3 Å². The van der Waals surface area contributed by atoms with Gasteiger partial charge in [-0.1, -0.05) is 50.3 Å². The summed E-state index contributed by atoms with van der Waals surface area (Å²) in [5.74, 6) is -1.51. The average Bonchev–Trinajstić information content (AvgIpc) is 1.75. The van der Waals surface area contributed by atoms with E-state index in [1.165, 1.54) is 107 Å². The normalized spacial score (nSPS) is 11.0. The number of imidazole rings is 3. The lowest BCUT2D eigenvalue weighted by Gasteiger charge is -2.12. The zero-order valence-corrected chi connectivity index (χ0v) is 57.2. The van der Waals surface area contributed by atoms with Gasteiger partial charge in [-0.25, -0.2) is 49.1 Å². The number of nitrogen functional groups attached to an aromatic ring is 1. The van der Waals surface area contributed by atoms with E-state index in [9.17, 15) is 83.9 Å². The number of carbonyl (C=O) groups excluding carboxylic acids is 3. The molecular formula is C64H72BrF6N21O15. The average molecular weight is 1570 g/mol. The van der Waals surface area contributed by atoms with E-state index >= 15 is 0 Å². The highest BCUT2D eigenvalue weighted by molar-refractivity contribution is 9.09. The number of carbonyl (C=O) groups is 4.